The third kappa shape index (κ3) is 5.08. The van der Waals surface area contributed by atoms with Gasteiger partial charge in [-0.15, -0.1) is 0 Å². The Morgan fingerprint density at radius 3 is 2.30 bits per heavy atom. The van der Waals surface area contributed by atoms with E-state index in [1.54, 1.807) is 12.1 Å². The van der Waals surface area contributed by atoms with Gasteiger partial charge in [-0.1, -0.05) is 11.6 Å². The van der Waals surface area contributed by atoms with Gasteiger partial charge in [0.15, 0.2) is 5.78 Å². The highest BCUT2D eigenvalue weighted by Gasteiger charge is 2.21. The van der Waals surface area contributed by atoms with Crippen LogP contribution < -0.4 is 14.2 Å². The summed E-state index contributed by atoms with van der Waals surface area (Å²) in [6, 6.07) is 13.1. The first kappa shape index (κ1) is 21.6. The number of anilines is 1. The summed E-state index contributed by atoms with van der Waals surface area (Å²) in [7, 11) is -3.96. The van der Waals surface area contributed by atoms with Gasteiger partial charge in [-0.2, -0.15) is 0 Å². The van der Waals surface area contributed by atoms with Crippen LogP contribution in [0.25, 0.3) is 0 Å². The minimum Gasteiger partial charge on any atom is -0.491 e. The third-order valence-electron chi connectivity index (χ3n) is 4.05. The number of benzene rings is 2. The maximum absolute atomic E-state index is 12.9. The highest BCUT2D eigenvalue weighted by Crippen LogP contribution is 2.26. The molecule has 0 spiro atoms. The zero-order chi connectivity index (χ0) is 21.9. The lowest BCUT2D eigenvalue weighted by molar-refractivity contribution is -0.904. The molecule has 0 bridgehead atoms. The predicted octanol–water partition coefficient (Wildman–Crippen LogP) is 3.68. The summed E-state index contributed by atoms with van der Waals surface area (Å²) in [5.74, 6) is 0.105. The number of nitrogens with one attached hydrogen (secondary N) is 1. The van der Waals surface area contributed by atoms with Gasteiger partial charge in [-0.25, -0.2) is 8.42 Å². The largest absolute Gasteiger partial charge is 0.491 e. The molecule has 2 aromatic carbocycles. The lowest BCUT2D eigenvalue weighted by Gasteiger charge is -2.14. The number of aromatic nitrogens is 1. The lowest BCUT2D eigenvalue weighted by atomic mass is 10.0. The molecular weight excluding hydrogens is 428 g/mol. The molecule has 2 N–H and O–H groups in total. The van der Waals surface area contributed by atoms with Crippen molar-refractivity contribution in [3.8, 4) is 5.75 Å². The fourth-order valence-electron chi connectivity index (χ4n) is 2.69. The van der Waals surface area contributed by atoms with Crippen molar-refractivity contribution in [3.63, 3.8) is 0 Å². The van der Waals surface area contributed by atoms with Gasteiger partial charge in [-0.05, 0) is 56.3 Å². The van der Waals surface area contributed by atoms with Gasteiger partial charge >= 0.3 is 0 Å². The van der Waals surface area contributed by atoms with Gasteiger partial charge in [0.1, 0.15) is 5.75 Å². The average Bonchev–Trinajstić information content (AvgIpc) is 2.69. The van der Waals surface area contributed by atoms with Crippen molar-refractivity contribution >= 4 is 33.1 Å². The van der Waals surface area contributed by atoms with Crippen LogP contribution in [-0.2, 0) is 10.0 Å². The monoisotopic (exact) mass is 447 g/mol. The van der Waals surface area contributed by atoms with Crippen LogP contribution in [0.1, 0.15) is 29.8 Å². The number of carbonyl (C=O) groups is 1. The maximum Gasteiger partial charge on any atom is 0.261 e. The number of hydrogen-bond donors (Lipinski definition) is 2. The normalized spacial score (nSPS) is 11.3. The number of rotatable bonds is 7. The number of ether oxygens (including phenoxy) is 1. The van der Waals surface area contributed by atoms with Crippen molar-refractivity contribution < 1.29 is 27.9 Å². The van der Waals surface area contributed by atoms with Crippen LogP contribution >= 0.6 is 11.6 Å². The molecule has 0 aliphatic heterocycles. The number of nitrogens with zero attached hydrogens (tertiary/aromatic N) is 1. The van der Waals surface area contributed by atoms with Crippen molar-refractivity contribution in [3.05, 3.63) is 83.1 Å². The zero-order valence-electron chi connectivity index (χ0n) is 16.2. The van der Waals surface area contributed by atoms with Crippen molar-refractivity contribution in [2.45, 2.75) is 24.8 Å². The summed E-state index contributed by atoms with van der Waals surface area (Å²) in [5.41, 5.74) is 0.437. The Labute approximate surface area is 179 Å². The van der Waals surface area contributed by atoms with Crippen molar-refractivity contribution in [2.75, 3.05) is 4.72 Å². The molecule has 0 amide bonds. The van der Waals surface area contributed by atoms with Gasteiger partial charge in [0, 0.05) is 33.0 Å². The van der Waals surface area contributed by atoms with E-state index in [0.29, 0.717) is 5.75 Å². The topological polar surface area (TPSA) is 96.6 Å². The minimum atomic E-state index is -3.96. The molecular formula is C21H20ClN2O5S+. The SMILES string of the molecule is CC(C)Oc1ccc(S(=O)(=O)Nc2ccc(Cl)cc2C(=O)c2cc[n+](O)cc2)cc1. The summed E-state index contributed by atoms with van der Waals surface area (Å²) in [5, 5.41) is 9.62. The number of sulfonamides is 1. The van der Waals surface area contributed by atoms with E-state index in [0.717, 1.165) is 4.73 Å². The highest BCUT2D eigenvalue weighted by molar-refractivity contribution is 7.92. The number of carbonyl (C=O) groups excluding carboxylic acids is 1. The van der Waals surface area contributed by atoms with Crippen LogP contribution in [0.5, 0.6) is 5.75 Å². The van der Waals surface area contributed by atoms with Gasteiger partial charge in [0.25, 0.3) is 10.0 Å². The first-order valence-corrected chi connectivity index (χ1v) is 10.9. The Bertz CT molecular complexity index is 1160. The molecule has 0 aliphatic rings. The zero-order valence-corrected chi connectivity index (χ0v) is 17.8. The summed E-state index contributed by atoms with van der Waals surface area (Å²) in [6.07, 6.45) is 2.55. The van der Waals surface area contributed by atoms with E-state index in [1.807, 2.05) is 13.8 Å². The van der Waals surface area contributed by atoms with E-state index in [-0.39, 0.29) is 32.8 Å². The fourth-order valence-corrected chi connectivity index (χ4v) is 3.94. The molecule has 0 aliphatic carbocycles. The third-order valence-corrected chi connectivity index (χ3v) is 5.67. The molecule has 1 aromatic heterocycles. The molecule has 0 saturated heterocycles. The van der Waals surface area contributed by atoms with Crippen LogP contribution in [-0.4, -0.2) is 25.5 Å². The first-order valence-electron chi connectivity index (χ1n) is 9.00. The molecule has 7 nitrogen and oxygen atoms in total. The molecule has 3 rings (SSSR count). The molecule has 0 fully saturated rings. The predicted molar refractivity (Wildman–Crippen MR) is 112 cm³/mol. The Balaban J connectivity index is 1.92. The maximum atomic E-state index is 12.9. The summed E-state index contributed by atoms with van der Waals surface area (Å²) >= 11 is 6.03. The van der Waals surface area contributed by atoms with Gasteiger partial charge in [0.05, 0.1) is 16.7 Å². The minimum absolute atomic E-state index is 0.0213. The van der Waals surface area contributed by atoms with Crippen LogP contribution in [0.3, 0.4) is 0 Å². The van der Waals surface area contributed by atoms with Crippen LogP contribution in [0, 0.1) is 0 Å². The van der Waals surface area contributed by atoms with Crippen molar-refractivity contribution in [2.24, 2.45) is 0 Å². The van der Waals surface area contributed by atoms with Crippen molar-refractivity contribution in [1.29, 1.82) is 0 Å². The molecule has 0 atom stereocenters. The fraction of sp³-hybridized carbons (Fsp3) is 0.143. The number of pyridine rings is 1. The average molecular weight is 448 g/mol. The molecule has 30 heavy (non-hydrogen) atoms. The Morgan fingerprint density at radius 1 is 1.07 bits per heavy atom. The van der Waals surface area contributed by atoms with E-state index < -0.39 is 15.8 Å². The molecule has 3 aromatic rings. The quantitative estimate of drug-likeness (QED) is 0.327. The Hall–Kier alpha value is -3.10. The Morgan fingerprint density at radius 2 is 1.70 bits per heavy atom. The van der Waals surface area contributed by atoms with Crippen LogP contribution in [0.4, 0.5) is 5.69 Å². The molecule has 1 heterocycles. The Kier molecular flexibility index (Phi) is 6.28. The second kappa shape index (κ2) is 8.73. The number of halogens is 1. The molecule has 156 valence electrons. The standard InChI is InChI=1S/C21H19ClN2O5S/c1-14(2)29-17-4-6-18(7-5-17)30(27,28)23-20-8-3-16(22)13-19(20)21(25)15-9-11-24(26)12-10-15/h3-14H,1-2H3,(H-,23,25,26)/p+1. The van der Waals surface area contributed by atoms with Gasteiger partial charge in [-0.3, -0.25) is 14.7 Å². The van der Waals surface area contributed by atoms with Gasteiger partial charge < -0.3 is 4.74 Å². The van der Waals surface area contributed by atoms with Crippen molar-refractivity contribution in [1.82, 2.24) is 0 Å². The number of hydrogen-bond acceptors (Lipinski definition) is 5. The second-order valence-corrected chi connectivity index (χ2v) is 8.85. The first-order chi connectivity index (χ1) is 14.2. The van der Waals surface area contributed by atoms with Crippen LogP contribution in [0.2, 0.25) is 5.02 Å². The van der Waals surface area contributed by atoms with E-state index >= 15 is 0 Å². The highest BCUT2D eigenvalue weighted by atomic mass is 35.5. The molecule has 0 radical (unpaired) electrons. The lowest BCUT2D eigenvalue weighted by Crippen LogP contribution is -2.28. The number of ketones is 1. The van der Waals surface area contributed by atoms with E-state index in [4.69, 9.17) is 16.3 Å². The summed E-state index contributed by atoms with van der Waals surface area (Å²) in [4.78, 5) is 12.9. The van der Waals surface area contributed by atoms with Gasteiger partial charge in [0.2, 0.25) is 12.4 Å². The molecule has 9 heteroatoms. The molecule has 0 saturated carbocycles. The van der Waals surface area contributed by atoms with Crippen LogP contribution in [0.15, 0.2) is 71.9 Å². The van der Waals surface area contributed by atoms with E-state index in [1.165, 1.54) is 54.9 Å². The molecule has 0 unspecified atom stereocenters. The van der Waals surface area contributed by atoms with E-state index in [9.17, 15) is 18.4 Å². The smallest absolute Gasteiger partial charge is 0.261 e. The summed E-state index contributed by atoms with van der Waals surface area (Å²) in [6.45, 7) is 3.75. The second-order valence-electron chi connectivity index (χ2n) is 6.73. The van der Waals surface area contributed by atoms with E-state index in [2.05, 4.69) is 4.72 Å². The summed E-state index contributed by atoms with van der Waals surface area (Å²) < 4.78 is 34.5.